The Hall–Kier alpha value is -1.86. The Labute approximate surface area is 117 Å². The molecule has 1 rings (SSSR count). The molecule has 1 aliphatic rings. The highest BCUT2D eigenvalue weighted by molar-refractivity contribution is 5.71. The monoisotopic (exact) mass is 288 g/mol. The van der Waals surface area contributed by atoms with Gasteiger partial charge in [0.05, 0.1) is 26.6 Å². The van der Waals surface area contributed by atoms with E-state index < -0.39 is 28.1 Å². The number of amides is 1. The van der Waals surface area contributed by atoms with Crippen LogP contribution in [0.5, 0.6) is 0 Å². The van der Waals surface area contributed by atoms with Crippen molar-refractivity contribution in [2.24, 2.45) is 0 Å². The predicted molar refractivity (Wildman–Crippen MR) is 68.8 cm³/mol. The first kappa shape index (κ1) is 16.2. The van der Waals surface area contributed by atoms with Crippen molar-refractivity contribution in [1.29, 1.82) is 0 Å². The van der Waals surface area contributed by atoms with Crippen molar-refractivity contribution in [3.05, 3.63) is 10.1 Å². The van der Waals surface area contributed by atoms with Crippen molar-refractivity contribution in [2.75, 3.05) is 20.2 Å². The first-order valence-corrected chi connectivity index (χ1v) is 6.29. The quantitative estimate of drug-likeness (QED) is 0.438. The maximum Gasteiger partial charge on any atom is 0.410 e. The van der Waals surface area contributed by atoms with Crippen molar-refractivity contribution < 1.29 is 24.0 Å². The molecule has 0 aromatic carbocycles. The zero-order valence-electron chi connectivity index (χ0n) is 12.2. The molecule has 0 spiro atoms. The van der Waals surface area contributed by atoms with E-state index in [-0.39, 0.29) is 25.9 Å². The standard InChI is InChI=1S/C12H20N2O6/c1-11(2,3)20-10(16)13-7-12(8-13,14(17)18)6-5-9(15)19-4/h5-8H2,1-4H3. The van der Waals surface area contributed by atoms with Gasteiger partial charge in [-0.2, -0.15) is 0 Å². The number of esters is 1. The van der Waals surface area contributed by atoms with Crippen molar-refractivity contribution in [1.82, 2.24) is 4.90 Å². The summed E-state index contributed by atoms with van der Waals surface area (Å²) in [7, 11) is 1.23. The van der Waals surface area contributed by atoms with Gasteiger partial charge in [-0.1, -0.05) is 0 Å². The van der Waals surface area contributed by atoms with Gasteiger partial charge in [0.15, 0.2) is 0 Å². The molecule has 1 aliphatic heterocycles. The van der Waals surface area contributed by atoms with Crippen LogP contribution in [0.1, 0.15) is 33.6 Å². The molecular formula is C12H20N2O6. The molecule has 0 N–H and O–H groups in total. The Morgan fingerprint density at radius 1 is 1.35 bits per heavy atom. The highest BCUT2D eigenvalue weighted by atomic mass is 16.6. The van der Waals surface area contributed by atoms with E-state index in [2.05, 4.69) is 4.74 Å². The summed E-state index contributed by atoms with van der Waals surface area (Å²) in [5.41, 5.74) is -1.92. The summed E-state index contributed by atoms with van der Waals surface area (Å²) in [6.07, 6.45) is -0.570. The number of ether oxygens (including phenoxy) is 2. The molecule has 0 bridgehead atoms. The summed E-state index contributed by atoms with van der Waals surface area (Å²) in [5.74, 6) is -0.498. The van der Waals surface area contributed by atoms with Gasteiger partial charge in [-0.3, -0.25) is 19.8 Å². The fraction of sp³-hybridized carbons (Fsp3) is 0.833. The van der Waals surface area contributed by atoms with Crippen LogP contribution in [-0.2, 0) is 14.3 Å². The van der Waals surface area contributed by atoms with Gasteiger partial charge in [0.2, 0.25) is 0 Å². The zero-order valence-corrected chi connectivity index (χ0v) is 12.2. The second-order valence-corrected chi connectivity index (χ2v) is 5.89. The van der Waals surface area contributed by atoms with E-state index >= 15 is 0 Å². The number of methoxy groups -OCH3 is 1. The van der Waals surface area contributed by atoms with E-state index in [4.69, 9.17) is 4.74 Å². The van der Waals surface area contributed by atoms with Crippen molar-refractivity contribution in [2.45, 2.75) is 44.8 Å². The van der Waals surface area contributed by atoms with Crippen LogP contribution in [0.2, 0.25) is 0 Å². The summed E-state index contributed by atoms with van der Waals surface area (Å²) in [6.45, 7) is 5.08. The first-order valence-electron chi connectivity index (χ1n) is 6.29. The number of carbonyl (C=O) groups excluding carboxylic acids is 2. The Balaban J connectivity index is 2.57. The third-order valence-electron chi connectivity index (χ3n) is 3.03. The number of carbonyl (C=O) groups is 2. The lowest BCUT2D eigenvalue weighted by Gasteiger charge is -2.42. The molecule has 1 saturated heterocycles. The lowest BCUT2D eigenvalue weighted by molar-refractivity contribution is -0.587. The number of rotatable bonds is 4. The van der Waals surface area contributed by atoms with Crippen LogP contribution in [0.25, 0.3) is 0 Å². The molecule has 8 nitrogen and oxygen atoms in total. The van der Waals surface area contributed by atoms with Gasteiger partial charge in [-0.25, -0.2) is 4.79 Å². The topological polar surface area (TPSA) is 99.0 Å². The number of hydrogen-bond donors (Lipinski definition) is 0. The van der Waals surface area contributed by atoms with E-state index in [1.54, 1.807) is 20.8 Å². The summed E-state index contributed by atoms with van der Waals surface area (Å²) in [6, 6.07) is 0. The van der Waals surface area contributed by atoms with Crippen LogP contribution in [-0.4, -0.2) is 53.2 Å². The number of likely N-dealkylation sites (tertiary alicyclic amines) is 1. The predicted octanol–water partition coefficient (Wildman–Crippen LogP) is 1.21. The molecule has 0 aromatic rings. The smallest absolute Gasteiger partial charge is 0.410 e. The third kappa shape index (κ3) is 3.82. The van der Waals surface area contributed by atoms with Gasteiger partial charge >= 0.3 is 12.1 Å². The molecule has 20 heavy (non-hydrogen) atoms. The summed E-state index contributed by atoms with van der Waals surface area (Å²) < 4.78 is 9.60. The minimum absolute atomic E-state index is 0.0420. The largest absolute Gasteiger partial charge is 0.469 e. The number of nitro groups is 1. The number of nitrogens with zero attached hydrogens (tertiary/aromatic N) is 2. The SMILES string of the molecule is COC(=O)CCC1([N+](=O)[O-])CN(C(=O)OC(C)(C)C)C1. The average Bonchev–Trinajstić information content (AvgIpc) is 2.23. The van der Waals surface area contributed by atoms with Crippen LogP contribution < -0.4 is 0 Å². The van der Waals surface area contributed by atoms with Gasteiger partial charge < -0.3 is 9.47 Å². The maximum atomic E-state index is 11.7. The molecule has 1 heterocycles. The molecule has 0 aromatic heterocycles. The molecule has 0 saturated carbocycles. The van der Waals surface area contributed by atoms with E-state index in [1.165, 1.54) is 12.0 Å². The Bertz CT molecular complexity index is 409. The van der Waals surface area contributed by atoms with Crippen LogP contribution in [0.4, 0.5) is 4.79 Å². The van der Waals surface area contributed by atoms with E-state index in [0.717, 1.165) is 0 Å². The Kier molecular flexibility index (Phi) is 4.57. The summed E-state index contributed by atoms with van der Waals surface area (Å²) >= 11 is 0. The Morgan fingerprint density at radius 2 is 1.90 bits per heavy atom. The lowest BCUT2D eigenvalue weighted by Crippen LogP contribution is -2.67. The zero-order chi connectivity index (χ0) is 15.6. The molecule has 114 valence electrons. The van der Waals surface area contributed by atoms with Crippen molar-refractivity contribution in [3.8, 4) is 0 Å². The molecular weight excluding hydrogens is 268 g/mol. The van der Waals surface area contributed by atoms with Crippen LogP contribution in [0, 0.1) is 10.1 Å². The number of hydrogen-bond acceptors (Lipinski definition) is 6. The van der Waals surface area contributed by atoms with E-state index in [0.29, 0.717) is 0 Å². The fourth-order valence-electron chi connectivity index (χ4n) is 1.92. The minimum Gasteiger partial charge on any atom is -0.469 e. The molecule has 0 aliphatic carbocycles. The van der Waals surface area contributed by atoms with Gasteiger partial charge in [-0.15, -0.1) is 0 Å². The Morgan fingerprint density at radius 3 is 2.30 bits per heavy atom. The van der Waals surface area contributed by atoms with Gasteiger partial charge in [0.25, 0.3) is 5.54 Å². The maximum absolute atomic E-state index is 11.7. The van der Waals surface area contributed by atoms with Crippen LogP contribution >= 0.6 is 0 Å². The van der Waals surface area contributed by atoms with Crippen molar-refractivity contribution >= 4 is 12.1 Å². The molecule has 0 radical (unpaired) electrons. The van der Waals surface area contributed by atoms with Crippen LogP contribution in [0.3, 0.4) is 0 Å². The van der Waals surface area contributed by atoms with Gasteiger partial charge in [-0.05, 0) is 20.8 Å². The van der Waals surface area contributed by atoms with E-state index in [1.807, 2.05) is 0 Å². The average molecular weight is 288 g/mol. The fourth-order valence-corrected chi connectivity index (χ4v) is 1.92. The molecule has 1 amide bonds. The lowest BCUT2D eigenvalue weighted by atomic mass is 9.86. The highest BCUT2D eigenvalue weighted by Crippen LogP contribution is 2.30. The van der Waals surface area contributed by atoms with Crippen LogP contribution in [0.15, 0.2) is 0 Å². The summed E-state index contributed by atoms with van der Waals surface area (Å²) in [5, 5.41) is 11.1. The minimum atomic E-state index is -1.27. The van der Waals surface area contributed by atoms with Crippen molar-refractivity contribution in [3.63, 3.8) is 0 Å². The normalized spacial score (nSPS) is 17.1. The molecule has 0 atom stereocenters. The third-order valence-corrected chi connectivity index (χ3v) is 3.03. The second-order valence-electron chi connectivity index (χ2n) is 5.89. The highest BCUT2D eigenvalue weighted by Gasteiger charge is 2.56. The molecule has 0 unspecified atom stereocenters. The first-order chi connectivity index (χ1) is 9.09. The molecule has 8 heteroatoms. The van der Waals surface area contributed by atoms with Gasteiger partial charge in [0, 0.05) is 11.3 Å². The second kappa shape index (κ2) is 5.64. The van der Waals surface area contributed by atoms with E-state index in [9.17, 15) is 19.7 Å². The molecule has 1 fully saturated rings. The summed E-state index contributed by atoms with van der Waals surface area (Å²) in [4.78, 5) is 34.8. The van der Waals surface area contributed by atoms with Gasteiger partial charge in [0.1, 0.15) is 5.60 Å².